The standard InChI is InChI=1S/C18H35N5O/c1-19-17(20-13-15-7-11-23(4)12-8-15)21-14-18(9-5-6-10-18)16(24)22(2)3/h15H,5-14H2,1-4H3,(H2,19,20,21). The van der Waals surface area contributed by atoms with Gasteiger partial charge in [-0.15, -0.1) is 0 Å². The van der Waals surface area contributed by atoms with Gasteiger partial charge in [0.1, 0.15) is 0 Å². The lowest BCUT2D eigenvalue weighted by Gasteiger charge is -2.32. The molecule has 2 aliphatic rings. The molecular formula is C18H35N5O. The number of piperidine rings is 1. The smallest absolute Gasteiger partial charge is 0.230 e. The molecule has 0 aromatic carbocycles. The van der Waals surface area contributed by atoms with E-state index in [4.69, 9.17) is 0 Å². The molecule has 0 aromatic rings. The molecule has 1 heterocycles. The third-order valence-corrected chi connectivity index (χ3v) is 5.63. The first-order valence-corrected chi connectivity index (χ1v) is 9.32. The Morgan fingerprint density at radius 1 is 1.21 bits per heavy atom. The highest BCUT2D eigenvalue weighted by atomic mass is 16.2. The third-order valence-electron chi connectivity index (χ3n) is 5.63. The first-order chi connectivity index (χ1) is 11.5. The van der Waals surface area contributed by atoms with Gasteiger partial charge in [0.2, 0.25) is 5.91 Å². The van der Waals surface area contributed by atoms with Gasteiger partial charge in [-0.05, 0) is 51.7 Å². The largest absolute Gasteiger partial charge is 0.356 e. The number of amides is 1. The van der Waals surface area contributed by atoms with E-state index in [2.05, 4.69) is 27.6 Å². The molecule has 0 atom stereocenters. The zero-order valence-electron chi connectivity index (χ0n) is 15.9. The molecule has 138 valence electrons. The Balaban J connectivity index is 1.82. The van der Waals surface area contributed by atoms with E-state index in [1.165, 1.54) is 25.9 Å². The van der Waals surface area contributed by atoms with E-state index in [1.54, 1.807) is 11.9 Å². The number of guanidine groups is 1. The highest BCUT2D eigenvalue weighted by molar-refractivity contribution is 5.85. The molecule has 1 aliphatic heterocycles. The molecule has 0 aromatic heterocycles. The monoisotopic (exact) mass is 337 g/mol. The van der Waals surface area contributed by atoms with E-state index in [0.29, 0.717) is 12.5 Å². The summed E-state index contributed by atoms with van der Waals surface area (Å²) in [6, 6.07) is 0. The summed E-state index contributed by atoms with van der Waals surface area (Å²) in [4.78, 5) is 21.1. The van der Waals surface area contributed by atoms with Crippen LogP contribution in [0.25, 0.3) is 0 Å². The van der Waals surface area contributed by atoms with Crippen LogP contribution < -0.4 is 10.6 Å². The normalized spacial score (nSPS) is 22.4. The molecule has 1 saturated heterocycles. The van der Waals surface area contributed by atoms with E-state index in [-0.39, 0.29) is 11.3 Å². The molecule has 2 fully saturated rings. The van der Waals surface area contributed by atoms with Crippen molar-refractivity contribution in [1.82, 2.24) is 20.4 Å². The Hall–Kier alpha value is -1.30. The maximum absolute atomic E-state index is 12.6. The van der Waals surface area contributed by atoms with E-state index in [9.17, 15) is 4.79 Å². The Bertz CT molecular complexity index is 435. The van der Waals surface area contributed by atoms with Crippen molar-refractivity contribution in [3.05, 3.63) is 0 Å². The minimum atomic E-state index is -0.255. The average Bonchev–Trinajstić information content (AvgIpc) is 3.06. The average molecular weight is 338 g/mol. The number of aliphatic imine (C=N–C) groups is 1. The van der Waals surface area contributed by atoms with Crippen molar-refractivity contribution in [3.8, 4) is 0 Å². The van der Waals surface area contributed by atoms with Crippen molar-refractivity contribution in [1.29, 1.82) is 0 Å². The fourth-order valence-corrected chi connectivity index (χ4v) is 3.97. The maximum atomic E-state index is 12.6. The first-order valence-electron chi connectivity index (χ1n) is 9.32. The first kappa shape index (κ1) is 19.0. The molecule has 0 unspecified atom stereocenters. The SMILES string of the molecule is CN=C(NCC1CCN(C)CC1)NCC1(C(=O)N(C)C)CCCC1. The molecule has 1 saturated carbocycles. The number of likely N-dealkylation sites (tertiary alicyclic amines) is 1. The molecule has 6 nitrogen and oxygen atoms in total. The Labute approximate surface area is 147 Å². The predicted octanol–water partition coefficient (Wildman–Crippen LogP) is 1.14. The molecule has 24 heavy (non-hydrogen) atoms. The predicted molar refractivity (Wildman–Crippen MR) is 99.2 cm³/mol. The third kappa shape index (κ3) is 4.85. The van der Waals surface area contributed by atoms with E-state index >= 15 is 0 Å². The van der Waals surface area contributed by atoms with Crippen molar-refractivity contribution in [2.75, 3.05) is 54.4 Å². The second kappa shape index (κ2) is 8.70. The molecule has 1 amide bonds. The summed E-state index contributed by atoms with van der Waals surface area (Å²) >= 11 is 0. The van der Waals surface area contributed by atoms with Crippen LogP contribution in [0.2, 0.25) is 0 Å². The van der Waals surface area contributed by atoms with Gasteiger partial charge >= 0.3 is 0 Å². The summed E-state index contributed by atoms with van der Waals surface area (Å²) in [6.45, 7) is 4.00. The van der Waals surface area contributed by atoms with Crippen molar-refractivity contribution < 1.29 is 4.79 Å². The van der Waals surface area contributed by atoms with Gasteiger partial charge in [-0.3, -0.25) is 9.79 Å². The van der Waals surface area contributed by atoms with Crippen molar-refractivity contribution in [2.24, 2.45) is 16.3 Å². The topological polar surface area (TPSA) is 60.0 Å². The molecule has 0 bridgehead atoms. The van der Waals surface area contributed by atoms with Crippen LogP contribution >= 0.6 is 0 Å². The summed E-state index contributed by atoms with van der Waals surface area (Å²) in [7, 11) is 7.71. The van der Waals surface area contributed by atoms with Gasteiger partial charge < -0.3 is 20.4 Å². The number of hydrogen-bond acceptors (Lipinski definition) is 3. The van der Waals surface area contributed by atoms with Gasteiger partial charge in [0.25, 0.3) is 0 Å². The minimum Gasteiger partial charge on any atom is -0.356 e. The van der Waals surface area contributed by atoms with Crippen molar-refractivity contribution in [2.45, 2.75) is 38.5 Å². The quantitative estimate of drug-likeness (QED) is 0.583. The number of carbonyl (C=O) groups is 1. The van der Waals surface area contributed by atoms with Crippen LogP contribution in [0.4, 0.5) is 0 Å². The highest BCUT2D eigenvalue weighted by Crippen LogP contribution is 2.38. The summed E-state index contributed by atoms with van der Waals surface area (Å²) in [5.74, 6) is 1.79. The Morgan fingerprint density at radius 3 is 2.38 bits per heavy atom. The summed E-state index contributed by atoms with van der Waals surface area (Å²) < 4.78 is 0. The lowest BCUT2D eigenvalue weighted by Crippen LogP contribution is -2.50. The molecule has 2 N–H and O–H groups in total. The number of hydrogen-bond donors (Lipinski definition) is 2. The zero-order valence-corrected chi connectivity index (χ0v) is 15.9. The second-order valence-electron chi connectivity index (χ2n) is 7.74. The lowest BCUT2D eigenvalue weighted by atomic mass is 9.84. The maximum Gasteiger partial charge on any atom is 0.230 e. The van der Waals surface area contributed by atoms with Gasteiger partial charge in [0.15, 0.2) is 5.96 Å². The van der Waals surface area contributed by atoms with Gasteiger partial charge in [-0.25, -0.2) is 0 Å². The summed E-state index contributed by atoms with van der Waals surface area (Å²) in [5, 5.41) is 6.88. The van der Waals surface area contributed by atoms with Crippen LogP contribution in [0.1, 0.15) is 38.5 Å². The fraction of sp³-hybridized carbons (Fsp3) is 0.889. The molecule has 1 aliphatic carbocycles. The number of rotatable bonds is 5. The molecule has 2 rings (SSSR count). The van der Waals surface area contributed by atoms with E-state index in [1.807, 2.05) is 14.1 Å². The van der Waals surface area contributed by atoms with Gasteiger partial charge in [0, 0.05) is 34.2 Å². The molecular weight excluding hydrogens is 302 g/mol. The number of nitrogens with zero attached hydrogens (tertiary/aromatic N) is 3. The molecule has 0 spiro atoms. The van der Waals surface area contributed by atoms with Crippen LogP contribution in [-0.2, 0) is 4.79 Å². The highest BCUT2D eigenvalue weighted by Gasteiger charge is 2.42. The molecule has 6 heteroatoms. The van der Waals surface area contributed by atoms with Crippen LogP contribution in [0, 0.1) is 11.3 Å². The van der Waals surface area contributed by atoms with Gasteiger partial charge in [-0.1, -0.05) is 12.8 Å². The van der Waals surface area contributed by atoms with Crippen LogP contribution in [0.3, 0.4) is 0 Å². The van der Waals surface area contributed by atoms with E-state index < -0.39 is 0 Å². The van der Waals surface area contributed by atoms with Gasteiger partial charge in [0.05, 0.1) is 5.41 Å². The summed E-state index contributed by atoms with van der Waals surface area (Å²) in [5.41, 5.74) is -0.255. The zero-order chi connectivity index (χ0) is 17.6. The van der Waals surface area contributed by atoms with Crippen LogP contribution in [0.5, 0.6) is 0 Å². The number of carbonyl (C=O) groups excluding carboxylic acids is 1. The molecule has 0 radical (unpaired) electrons. The van der Waals surface area contributed by atoms with Crippen LogP contribution in [-0.4, -0.2) is 76.0 Å². The lowest BCUT2D eigenvalue weighted by molar-refractivity contribution is -0.138. The Kier molecular flexibility index (Phi) is 6.90. The van der Waals surface area contributed by atoms with E-state index in [0.717, 1.165) is 38.2 Å². The second-order valence-corrected chi connectivity index (χ2v) is 7.74. The van der Waals surface area contributed by atoms with Crippen molar-refractivity contribution in [3.63, 3.8) is 0 Å². The fourth-order valence-electron chi connectivity index (χ4n) is 3.97. The number of nitrogens with one attached hydrogen (secondary N) is 2. The Morgan fingerprint density at radius 2 is 1.83 bits per heavy atom. The minimum absolute atomic E-state index is 0.248. The van der Waals surface area contributed by atoms with Crippen LogP contribution in [0.15, 0.2) is 4.99 Å². The summed E-state index contributed by atoms with van der Waals surface area (Å²) in [6.07, 6.45) is 6.71. The van der Waals surface area contributed by atoms with Crippen molar-refractivity contribution >= 4 is 11.9 Å². The van der Waals surface area contributed by atoms with Gasteiger partial charge in [-0.2, -0.15) is 0 Å².